The lowest BCUT2D eigenvalue weighted by molar-refractivity contribution is 0.107. The molecular weight excluding hydrogens is 612 g/mol. The number of fused-ring (bicyclic) bond motifs is 4. The largest absolute Gasteiger partial charge is 0.461 e. The van der Waals surface area contributed by atoms with Gasteiger partial charge in [-0.1, -0.05) is 12.0 Å². The Kier molecular flexibility index (Phi) is 6.25. The lowest BCUT2D eigenvalue weighted by atomic mass is 9.89. The Morgan fingerprint density at radius 2 is 2.02 bits per heavy atom. The molecule has 6 atom stereocenters. The van der Waals surface area contributed by atoms with Crippen molar-refractivity contribution >= 4 is 33.2 Å². The van der Waals surface area contributed by atoms with Crippen LogP contribution in [-0.4, -0.2) is 83.2 Å². The summed E-state index contributed by atoms with van der Waals surface area (Å²) in [6.45, 7) is 2.76. The van der Waals surface area contributed by atoms with E-state index >= 15 is 4.39 Å². The Labute approximate surface area is 268 Å². The first kappa shape index (κ1) is 29.0. The maximum Gasteiger partial charge on any atom is 0.319 e. The van der Waals surface area contributed by atoms with Gasteiger partial charge in [-0.05, 0) is 55.8 Å². The van der Waals surface area contributed by atoms with Crippen LogP contribution in [0.1, 0.15) is 31.2 Å². The Morgan fingerprint density at radius 1 is 1.17 bits per heavy atom. The van der Waals surface area contributed by atoms with Crippen molar-refractivity contribution in [3.63, 3.8) is 0 Å². The summed E-state index contributed by atoms with van der Waals surface area (Å²) >= 11 is 0. The summed E-state index contributed by atoms with van der Waals surface area (Å²) in [5.41, 5.74) is 5.82. The quantitative estimate of drug-likeness (QED) is 0.180. The molecule has 5 aliphatic rings. The number of nitrogens with zero attached hydrogens (tertiary/aromatic N) is 5. The average Bonchev–Trinajstić information content (AvgIpc) is 3.81. The number of anilines is 2. The van der Waals surface area contributed by atoms with E-state index in [0.717, 1.165) is 19.4 Å². The predicted octanol–water partition coefficient (Wildman–Crippen LogP) is 5.21. The second kappa shape index (κ2) is 10.1. The van der Waals surface area contributed by atoms with E-state index in [-0.39, 0.29) is 63.8 Å². The molecule has 1 spiro atoms. The van der Waals surface area contributed by atoms with Gasteiger partial charge >= 0.3 is 6.01 Å². The van der Waals surface area contributed by atoms with Gasteiger partial charge in [-0.25, -0.2) is 17.6 Å². The fourth-order valence-electron chi connectivity index (χ4n) is 8.56. The number of rotatable bonds is 5. The molecular formula is C35H32F4N6O2. The minimum Gasteiger partial charge on any atom is -0.461 e. The Balaban J connectivity index is 1.18. The van der Waals surface area contributed by atoms with E-state index in [9.17, 15) is 13.2 Å². The number of halogens is 4. The molecule has 3 aliphatic heterocycles. The van der Waals surface area contributed by atoms with Gasteiger partial charge in [0.15, 0.2) is 5.82 Å². The summed E-state index contributed by atoms with van der Waals surface area (Å²) in [6, 6.07) is 5.37. The summed E-state index contributed by atoms with van der Waals surface area (Å²) < 4.78 is 73.1. The van der Waals surface area contributed by atoms with Gasteiger partial charge in [0.25, 0.3) is 0 Å². The van der Waals surface area contributed by atoms with Crippen molar-refractivity contribution in [3.8, 4) is 29.6 Å². The second-order valence-electron chi connectivity index (χ2n) is 13.9. The van der Waals surface area contributed by atoms with E-state index in [1.165, 1.54) is 24.4 Å². The SMILES string of the molecule is C#Cc1c(F)ccc2cc(N)cc(-c3ncc4c(N5CCOC[C@@H]6C5[C@H]6F)nc(OC[C@@]56CCCN5C[C@]5(C[C@@H]5F)C6)nc4c3F)c12. The predicted molar refractivity (Wildman–Crippen MR) is 168 cm³/mol. The molecule has 2 aromatic heterocycles. The highest BCUT2D eigenvalue weighted by molar-refractivity contribution is 6.03. The van der Waals surface area contributed by atoms with Crippen LogP contribution in [0.4, 0.5) is 29.1 Å². The van der Waals surface area contributed by atoms with Crippen molar-refractivity contribution in [2.75, 3.05) is 50.1 Å². The third-order valence-electron chi connectivity index (χ3n) is 11.1. The van der Waals surface area contributed by atoms with E-state index in [1.807, 2.05) is 0 Å². The van der Waals surface area contributed by atoms with E-state index in [0.29, 0.717) is 54.8 Å². The highest BCUT2D eigenvalue weighted by Gasteiger charge is 2.67. The van der Waals surface area contributed by atoms with Gasteiger partial charge in [0.2, 0.25) is 0 Å². The highest BCUT2D eigenvalue weighted by Crippen LogP contribution is 2.62. The van der Waals surface area contributed by atoms with E-state index < -0.39 is 30.0 Å². The first-order chi connectivity index (χ1) is 22.7. The molecule has 2 N–H and O–H groups in total. The normalized spacial score (nSPS) is 31.2. The molecule has 0 radical (unpaired) electrons. The molecule has 242 valence electrons. The van der Waals surface area contributed by atoms with Crippen LogP contribution >= 0.6 is 0 Å². The lowest BCUT2D eigenvalue weighted by Crippen LogP contribution is -2.43. The number of benzene rings is 2. The third-order valence-corrected chi connectivity index (χ3v) is 11.1. The highest BCUT2D eigenvalue weighted by atomic mass is 19.1. The number of terminal acetylenes is 1. The number of nitrogens with two attached hydrogens (primary N) is 1. The summed E-state index contributed by atoms with van der Waals surface area (Å²) in [5, 5.41) is 1.10. The van der Waals surface area contributed by atoms with Crippen LogP contribution in [0, 0.1) is 35.3 Å². The number of aromatic nitrogens is 3. The van der Waals surface area contributed by atoms with Crippen LogP contribution in [0.2, 0.25) is 0 Å². The number of ether oxygens (including phenoxy) is 2. The van der Waals surface area contributed by atoms with E-state index in [4.69, 9.17) is 26.6 Å². The zero-order valence-electron chi connectivity index (χ0n) is 25.5. The molecule has 2 saturated carbocycles. The van der Waals surface area contributed by atoms with E-state index in [1.54, 1.807) is 11.0 Å². The monoisotopic (exact) mass is 644 g/mol. The Morgan fingerprint density at radius 3 is 2.83 bits per heavy atom. The van der Waals surface area contributed by atoms with Crippen molar-refractivity contribution in [2.24, 2.45) is 11.3 Å². The molecule has 5 fully saturated rings. The fourth-order valence-corrected chi connectivity index (χ4v) is 8.56. The van der Waals surface area contributed by atoms with Gasteiger partial charge in [-0.2, -0.15) is 9.97 Å². The summed E-state index contributed by atoms with van der Waals surface area (Å²) in [6.07, 6.45) is 8.32. The van der Waals surface area contributed by atoms with Gasteiger partial charge < -0.3 is 20.1 Å². The van der Waals surface area contributed by atoms with Crippen LogP contribution in [0.3, 0.4) is 0 Å². The molecule has 2 aromatic carbocycles. The van der Waals surface area contributed by atoms with Crippen molar-refractivity contribution < 1.29 is 27.0 Å². The van der Waals surface area contributed by atoms with Gasteiger partial charge in [0, 0.05) is 47.3 Å². The minimum atomic E-state index is -1.12. The molecule has 12 heteroatoms. The number of alkyl halides is 2. The molecule has 4 aromatic rings. The summed E-state index contributed by atoms with van der Waals surface area (Å²) in [5.74, 6) is 0.926. The number of hydrogen-bond donors (Lipinski definition) is 1. The van der Waals surface area contributed by atoms with Crippen LogP contribution in [0.5, 0.6) is 6.01 Å². The van der Waals surface area contributed by atoms with Crippen LogP contribution in [0.15, 0.2) is 30.5 Å². The van der Waals surface area contributed by atoms with Gasteiger partial charge in [-0.3, -0.25) is 9.88 Å². The van der Waals surface area contributed by atoms with Crippen molar-refractivity contribution in [1.29, 1.82) is 0 Å². The molecule has 2 aliphatic carbocycles. The minimum absolute atomic E-state index is 0.0367. The average molecular weight is 645 g/mol. The van der Waals surface area contributed by atoms with Gasteiger partial charge in [-0.15, -0.1) is 6.42 Å². The molecule has 1 unspecified atom stereocenters. The van der Waals surface area contributed by atoms with Crippen molar-refractivity contribution in [1.82, 2.24) is 19.9 Å². The Bertz CT molecular complexity index is 2020. The zero-order valence-corrected chi connectivity index (χ0v) is 25.5. The number of pyridine rings is 1. The molecule has 47 heavy (non-hydrogen) atoms. The molecule has 3 saturated heterocycles. The summed E-state index contributed by atoms with van der Waals surface area (Å²) in [4.78, 5) is 17.9. The Hall–Kier alpha value is -4.21. The lowest BCUT2D eigenvalue weighted by Gasteiger charge is -2.31. The maximum atomic E-state index is 16.9. The first-order valence-corrected chi connectivity index (χ1v) is 16.1. The van der Waals surface area contributed by atoms with Crippen LogP contribution in [0.25, 0.3) is 32.9 Å². The van der Waals surface area contributed by atoms with E-state index in [2.05, 4.69) is 20.8 Å². The molecule has 5 heterocycles. The van der Waals surface area contributed by atoms with Crippen molar-refractivity contribution in [3.05, 3.63) is 47.7 Å². The number of nitrogen functional groups attached to an aromatic ring is 1. The van der Waals surface area contributed by atoms with Crippen LogP contribution < -0.4 is 15.4 Å². The third kappa shape index (κ3) is 4.32. The maximum absolute atomic E-state index is 16.9. The molecule has 0 amide bonds. The first-order valence-electron chi connectivity index (χ1n) is 16.1. The molecule has 0 bridgehead atoms. The van der Waals surface area contributed by atoms with Gasteiger partial charge in [0.1, 0.15) is 41.8 Å². The zero-order chi connectivity index (χ0) is 32.2. The second-order valence-corrected chi connectivity index (χ2v) is 13.9. The molecule has 9 rings (SSSR count). The number of hydrogen-bond acceptors (Lipinski definition) is 8. The fraction of sp³-hybridized carbons (Fsp3) is 0.457. The topological polar surface area (TPSA) is 89.6 Å². The van der Waals surface area contributed by atoms with Gasteiger partial charge in [0.05, 0.1) is 35.7 Å². The molecule has 8 nitrogen and oxygen atoms in total. The standard InChI is InChI=1S/C35H32F4N6O2/c1-2-20-24(36)5-4-18-10-19(40)11-21(26(18)20)29-28(39)30-22(13-41-29)32(45-8-9-46-14-23-27(38)31(23)45)43-33(42-30)47-17-35-6-3-7-44(35)16-34(15-35)12-25(34)37/h1,4-5,10-11,13,23,25,27,31H,3,6-9,12,14-17,40H2/t23-,25-,27-,31?,34-,35-/m0/s1. The van der Waals surface area contributed by atoms with Crippen LogP contribution in [-0.2, 0) is 4.74 Å². The summed E-state index contributed by atoms with van der Waals surface area (Å²) in [7, 11) is 0. The van der Waals surface area contributed by atoms with Crippen molar-refractivity contribution in [2.45, 2.75) is 49.6 Å². The smallest absolute Gasteiger partial charge is 0.319 e.